The molecule has 0 spiro atoms. The molecule has 0 amide bonds. The number of aromatic nitrogens is 2. The van der Waals surface area contributed by atoms with Gasteiger partial charge in [0.25, 0.3) is 0 Å². The monoisotopic (exact) mass is 460 g/mol. The van der Waals surface area contributed by atoms with Crippen molar-refractivity contribution < 1.29 is 4.74 Å². The highest BCUT2D eigenvalue weighted by molar-refractivity contribution is 5.68. The number of nitrogens with one attached hydrogen (secondary N) is 1. The molecule has 34 heavy (non-hydrogen) atoms. The summed E-state index contributed by atoms with van der Waals surface area (Å²) in [5.74, 6) is 2.37. The third-order valence-electron chi connectivity index (χ3n) is 6.02. The molecule has 3 aromatic rings. The molecule has 1 fully saturated rings. The molecule has 2 heterocycles. The molecule has 180 valence electrons. The van der Waals surface area contributed by atoms with E-state index in [4.69, 9.17) is 14.7 Å². The van der Waals surface area contributed by atoms with Gasteiger partial charge < -0.3 is 24.8 Å². The predicted molar refractivity (Wildman–Crippen MR) is 142 cm³/mol. The maximum atomic E-state index is 5.90. The molecule has 1 aliphatic rings. The van der Waals surface area contributed by atoms with E-state index in [1.54, 1.807) is 0 Å². The van der Waals surface area contributed by atoms with Gasteiger partial charge in [0.2, 0.25) is 5.95 Å². The number of hydrogen-bond acceptors (Lipinski definition) is 7. The van der Waals surface area contributed by atoms with Crippen molar-refractivity contribution in [2.75, 3.05) is 54.2 Å². The first-order valence-electron chi connectivity index (χ1n) is 11.9. The van der Waals surface area contributed by atoms with E-state index in [0.29, 0.717) is 0 Å². The summed E-state index contributed by atoms with van der Waals surface area (Å²) in [5, 5.41) is 3.53. The number of benzene rings is 2. The number of morpholine rings is 1. The second-order valence-electron chi connectivity index (χ2n) is 9.44. The second-order valence-corrected chi connectivity index (χ2v) is 9.44. The van der Waals surface area contributed by atoms with E-state index in [9.17, 15) is 0 Å². The lowest BCUT2D eigenvalue weighted by atomic mass is 10.1. The van der Waals surface area contributed by atoms with E-state index < -0.39 is 0 Å². The van der Waals surface area contributed by atoms with E-state index in [0.717, 1.165) is 42.9 Å². The van der Waals surface area contributed by atoms with E-state index >= 15 is 0 Å². The van der Waals surface area contributed by atoms with E-state index in [1.807, 2.05) is 25.1 Å². The maximum Gasteiger partial charge on any atom is 0.229 e. The fraction of sp³-hybridized carbons (Fsp3) is 0.407. The lowest BCUT2D eigenvalue weighted by Gasteiger charge is -2.35. The summed E-state index contributed by atoms with van der Waals surface area (Å²) in [6.07, 6.45) is 0.290. The topological polar surface area (TPSA) is 56.8 Å². The molecule has 2 atom stereocenters. The zero-order chi connectivity index (χ0) is 24.2. The van der Waals surface area contributed by atoms with Crippen LogP contribution in [0.5, 0.6) is 0 Å². The number of rotatable bonds is 7. The highest BCUT2D eigenvalue weighted by atomic mass is 16.5. The molecule has 7 nitrogen and oxygen atoms in total. The lowest BCUT2D eigenvalue weighted by Crippen LogP contribution is -2.46. The first-order valence-corrected chi connectivity index (χ1v) is 11.9. The minimum atomic E-state index is 0.145. The fourth-order valence-electron chi connectivity index (χ4n) is 4.39. The van der Waals surface area contributed by atoms with Gasteiger partial charge >= 0.3 is 0 Å². The largest absolute Gasteiger partial charge is 0.372 e. The first-order chi connectivity index (χ1) is 16.3. The van der Waals surface area contributed by atoms with E-state index in [-0.39, 0.29) is 12.2 Å². The molecule has 0 saturated carbocycles. The van der Waals surface area contributed by atoms with Crippen molar-refractivity contribution >= 4 is 29.0 Å². The molecule has 1 saturated heterocycles. The van der Waals surface area contributed by atoms with Gasteiger partial charge in [0.15, 0.2) is 0 Å². The molecule has 4 rings (SSSR count). The Morgan fingerprint density at radius 3 is 2.35 bits per heavy atom. The summed E-state index contributed by atoms with van der Waals surface area (Å²) in [5.41, 5.74) is 4.70. The highest BCUT2D eigenvalue weighted by Crippen LogP contribution is 2.28. The maximum absolute atomic E-state index is 5.90. The summed E-state index contributed by atoms with van der Waals surface area (Å²) in [6.45, 7) is 8.74. The minimum absolute atomic E-state index is 0.145. The van der Waals surface area contributed by atoms with E-state index in [2.05, 4.69) is 91.5 Å². The SMILES string of the molecule is Cc1ccc(Nc2cc(N(C)C)nc(N3CC(C)OC(C)C3)n2)cc1N(C)Cc1ccccc1. The Balaban J connectivity index is 1.59. The van der Waals surface area contributed by atoms with Crippen LogP contribution >= 0.6 is 0 Å². The molecule has 0 bridgehead atoms. The van der Waals surface area contributed by atoms with Gasteiger partial charge in [-0.3, -0.25) is 0 Å². The fourth-order valence-corrected chi connectivity index (χ4v) is 4.39. The molecule has 0 radical (unpaired) electrons. The molecule has 1 aromatic heterocycles. The van der Waals surface area contributed by atoms with Crippen LogP contribution in [0.2, 0.25) is 0 Å². The molecule has 7 heteroatoms. The van der Waals surface area contributed by atoms with Crippen molar-refractivity contribution in [3.05, 3.63) is 65.7 Å². The molecular formula is C27H36N6O. The average molecular weight is 461 g/mol. The zero-order valence-electron chi connectivity index (χ0n) is 21.1. The Morgan fingerprint density at radius 2 is 1.68 bits per heavy atom. The van der Waals surface area contributed by atoms with Crippen LogP contribution in [0, 0.1) is 6.92 Å². The molecule has 0 aliphatic carbocycles. The van der Waals surface area contributed by atoms with Crippen LogP contribution in [-0.4, -0.2) is 56.4 Å². The van der Waals surface area contributed by atoms with Gasteiger partial charge in [-0.1, -0.05) is 36.4 Å². The number of aryl methyl sites for hydroxylation is 1. The third-order valence-corrected chi connectivity index (χ3v) is 6.02. The van der Waals surface area contributed by atoms with E-state index in [1.165, 1.54) is 16.8 Å². The van der Waals surface area contributed by atoms with Crippen LogP contribution in [0.4, 0.5) is 29.0 Å². The van der Waals surface area contributed by atoms with Gasteiger partial charge in [-0.25, -0.2) is 0 Å². The second kappa shape index (κ2) is 10.3. The third kappa shape index (κ3) is 5.78. The quantitative estimate of drug-likeness (QED) is 0.541. The van der Waals surface area contributed by atoms with Crippen LogP contribution in [0.1, 0.15) is 25.0 Å². The Hall–Kier alpha value is -3.32. The normalized spacial score (nSPS) is 18.0. The van der Waals surface area contributed by atoms with Crippen molar-refractivity contribution in [3.8, 4) is 0 Å². The Labute approximate surface area is 203 Å². The van der Waals surface area contributed by atoms with Gasteiger partial charge in [0, 0.05) is 58.2 Å². The zero-order valence-corrected chi connectivity index (χ0v) is 21.1. The van der Waals surface area contributed by atoms with Crippen molar-refractivity contribution in [1.82, 2.24) is 9.97 Å². The van der Waals surface area contributed by atoms with Gasteiger partial charge in [0.05, 0.1) is 12.2 Å². The van der Waals surface area contributed by atoms with Crippen LogP contribution in [-0.2, 0) is 11.3 Å². The van der Waals surface area contributed by atoms with Gasteiger partial charge in [-0.05, 0) is 44.0 Å². The van der Waals surface area contributed by atoms with Crippen molar-refractivity contribution in [1.29, 1.82) is 0 Å². The molecular weight excluding hydrogens is 424 g/mol. The number of nitrogens with zero attached hydrogens (tertiary/aromatic N) is 5. The highest BCUT2D eigenvalue weighted by Gasteiger charge is 2.25. The van der Waals surface area contributed by atoms with Crippen molar-refractivity contribution in [3.63, 3.8) is 0 Å². The number of anilines is 5. The van der Waals surface area contributed by atoms with Crippen LogP contribution in [0.15, 0.2) is 54.6 Å². The van der Waals surface area contributed by atoms with Crippen molar-refractivity contribution in [2.24, 2.45) is 0 Å². The summed E-state index contributed by atoms with van der Waals surface area (Å²) < 4.78 is 5.90. The van der Waals surface area contributed by atoms with Crippen LogP contribution in [0.3, 0.4) is 0 Å². The van der Waals surface area contributed by atoms with Crippen LogP contribution < -0.4 is 20.0 Å². The number of hydrogen-bond donors (Lipinski definition) is 1. The average Bonchev–Trinajstić information content (AvgIpc) is 2.80. The first kappa shape index (κ1) is 23.8. The Bertz CT molecular complexity index is 1090. The van der Waals surface area contributed by atoms with Gasteiger partial charge in [-0.15, -0.1) is 0 Å². The minimum Gasteiger partial charge on any atom is -0.372 e. The predicted octanol–water partition coefficient (Wildman–Crippen LogP) is 4.84. The summed E-state index contributed by atoms with van der Waals surface area (Å²) in [4.78, 5) is 16.2. The van der Waals surface area contributed by atoms with Gasteiger partial charge in [-0.2, -0.15) is 9.97 Å². The summed E-state index contributed by atoms with van der Waals surface area (Å²) in [6, 6.07) is 19.0. The molecule has 1 N–H and O–H groups in total. The van der Waals surface area contributed by atoms with Crippen molar-refractivity contribution in [2.45, 2.75) is 39.5 Å². The Kier molecular flexibility index (Phi) is 7.22. The molecule has 2 aromatic carbocycles. The molecule has 2 unspecified atom stereocenters. The molecule has 1 aliphatic heterocycles. The standard InChI is InChI=1S/C27H36N6O/c1-19-12-13-23(14-24(19)32(6)18-22-10-8-7-9-11-22)28-25-15-26(31(4)5)30-27(29-25)33-16-20(2)34-21(3)17-33/h7-15,20-21H,16-18H2,1-6H3,(H,28,29,30). The Morgan fingerprint density at radius 1 is 0.971 bits per heavy atom. The smallest absolute Gasteiger partial charge is 0.229 e. The van der Waals surface area contributed by atoms with Crippen LogP contribution in [0.25, 0.3) is 0 Å². The number of ether oxygens (including phenoxy) is 1. The summed E-state index contributed by atoms with van der Waals surface area (Å²) >= 11 is 0. The summed E-state index contributed by atoms with van der Waals surface area (Å²) in [7, 11) is 6.14. The van der Waals surface area contributed by atoms with Gasteiger partial charge in [0.1, 0.15) is 11.6 Å². The lowest BCUT2D eigenvalue weighted by molar-refractivity contribution is -0.00570.